The number of aliphatic imine (C=N–C) groups is 2. The first-order valence-electron chi connectivity index (χ1n) is 35.9. The average Bonchev–Trinajstić information content (AvgIpc) is 1.71. The second-order valence-electron chi connectivity index (χ2n) is 27.9. The van der Waals surface area contributed by atoms with Gasteiger partial charge in [-0.25, -0.2) is 34.5 Å². The van der Waals surface area contributed by atoms with E-state index in [2.05, 4.69) is 87.5 Å². The monoisotopic (exact) mass is 1680 g/mol. The maximum absolute atomic E-state index is 15.4. The lowest BCUT2D eigenvalue weighted by atomic mass is 9.80. The van der Waals surface area contributed by atoms with Gasteiger partial charge in [0.15, 0.2) is 0 Å². The molecule has 10 amide bonds. The SMILES string of the molecule is C=C(NC(=O)C(=C)NC(=O)c1csc(C2=NC3c4csc(n4)[C@@H](NC(=O)c4csc([C@@H](C)[C@](C)(O)[C@H](C)O)n4)[C@@H](C)OC(=O)c4cc([C@H](C)O)c5c(n4)C(O)[C@@H](C=C5)NC([C@@H](C)CC)C(=O)N[C@H](C)C(=O)NC(=C)C(=O)N[C@H](C)C(=O)N[C@]3(c3nc(C(=O)N[C@H](C(=O)N/C(=C/C)C4=N[C@@H](C(N)=O)CS4)[C@@H](C)O)cs3)CC2)n1)C(=O)O. The predicted octanol–water partition coefficient (Wildman–Crippen LogP) is 1.79. The van der Waals surface area contributed by atoms with Gasteiger partial charge in [-0.1, -0.05) is 65.2 Å². The van der Waals surface area contributed by atoms with Gasteiger partial charge in [0.05, 0.1) is 75.2 Å². The third-order valence-electron chi connectivity index (χ3n) is 19.6. The number of thiazole rings is 4. The number of hydrogen-bond donors (Lipinski definition) is 17. The maximum atomic E-state index is 15.4. The van der Waals surface area contributed by atoms with Gasteiger partial charge in [0.1, 0.15) is 103 Å². The van der Waals surface area contributed by atoms with E-state index in [1.807, 2.05) is 5.32 Å². The van der Waals surface area contributed by atoms with Gasteiger partial charge in [-0.05, 0) is 85.8 Å². The number of aliphatic carboxylic acids is 1. The number of ether oxygens (including phenoxy) is 1. The van der Waals surface area contributed by atoms with Crippen LogP contribution in [0.2, 0.25) is 0 Å². The number of hydrogen-bond acceptors (Lipinski definition) is 31. The van der Waals surface area contributed by atoms with Gasteiger partial charge < -0.3 is 89.0 Å². The van der Waals surface area contributed by atoms with E-state index in [-0.39, 0.29) is 89.0 Å². The fourth-order valence-electron chi connectivity index (χ4n) is 12.1. The number of nitrogens with zero attached hydrogens (tertiary/aromatic N) is 7. The first-order valence-corrected chi connectivity index (χ1v) is 40.4. The van der Waals surface area contributed by atoms with E-state index >= 15 is 4.79 Å². The van der Waals surface area contributed by atoms with Gasteiger partial charge in [-0.15, -0.1) is 57.1 Å². The summed E-state index contributed by atoms with van der Waals surface area (Å²) in [5.41, 5.74) is -1.13. The number of carboxylic acid groups (broad SMARTS) is 1. The molecule has 0 aromatic carbocycles. The minimum atomic E-state index is -2.07. The van der Waals surface area contributed by atoms with Gasteiger partial charge in [0, 0.05) is 38.8 Å². The van der Waals surface area contributed by atoms with Crippen molar-refractivity contribution in [1.82, 2.24) is 78.1 Å². The summed E-state index contributed by atoms with van der Waals surface area (Å²) in [6, 6.07) is -9.64. The number of aliphatic hydroxyl groups is 5. The Balaban J connectivity index is 1.21. The summed E-state index contributed by atoms with van der Waals surface area (Å²) in [6.45, 7) is 26.7. The second-order valence-corrected chi connectivity index (χ2v) is 32.4. The van der Waals surface area contributed by atoms with Crippen LogP contribution in [0, 0.1) is 5.92 Å². The zero-order valence-corrected chi connectivity index (χ0v) is 68.1. The first-order chi connectivity index (χ1) is 54.1. The number of cyclic esters (lactones) is 1. The Morgan fingerprint density at radius 1 is 0.817 bits per heavy atom. The number of primary amides is 1. The topological polar surface area (TPSA) is 571 Å². The molecule has 5 aromatic heterocycles. The minimum Gasteiger partial charge on any atom is -0.477 e. The van der Waals surface area contributed by atoms with Crippen LogP contribution in [-0.2, 0) is 48.6 Å². The van der Waals surface area contributed by atoms with Crippen LogP contribution >= 0.6 is 57.1 Å². The Morgan fingerprint density at radius 2 is 1.49 bits per heavy atom. The number of aliphatic hydroxyl groups excluding tert-OH is 4. The molecule has 18 N–H and O–H groups in total. The number of allylic oxidation sites excluding steroid dienone is 1. The number of pyridine rings is 1. The number of fused-ring (bicyclic) bond motifs is 6. The Bertz CT molecular complexity index is 4870. The number of nitrogens with one attached hydrogen (secondary N) is 10. The van der Waals surface area contributed by atoms with Gasteiger partial charge in [-0.2, -0.15) is 0 Å². The van der Waals surface area contributed by atoms with E-state index in [0.717, 1.165) is 57.1 Å². The van der Waals surface area contributed by atoms with Crippen LogP contribution in [0.5, 0.6) is 0 Å². The van der Waals surface area contributed by atoms with Crippen molar-refractivity contribution in [1.29, 1.82) is 0 Å². The molecule has 1 aliphatic carbocycles. The third-order valence-corrected chi connectivity index (χ3v) is 24.6. The molecule has 614 valence electrons. The van der Waals surface area contributed by atoms with Crippen molar-refractivity contribution in [3.63, 3.8) is 0 Å². The summed E-state index contributed by atoms with van der Waals surface area (Å²) in [6.07, 6.45) is -2.78. The van der Waals surface area contributed by atoms with E-state index in [0.29, 0.717) is 6.42 Å². The Labute approximate surface area is 678 Å². The van der Waals surface area contributed by atoms with E-state index < -0.39 is 201 Å². The summed E-state index contributed by atoms with van der Waals surface area (Å²) >= 11 is 4.67. The maximum Gasteiger partial charge on any atom is 0.357 e. The second kappa shape index (κ2) is 36.9. The summed E-state index contributed by atoms with van der Waals surface area (Å²) in [7, 11) is 0. The lowest BCUT2D eigenvalue weighted by molar-refractivity contribution is -0.134. The molecule has 37 nitrogen and oxygen atoms in total. The minimum absolute atomic E-state index is 0.0456. The number of carbonyl (C=O) groups is 12. The summed E-state index contributed by atoms with van der Waals surface area (Å²) < 4.78 is 6.24. The fourth-order valence-corrected chi connectivity index (χ4v) is 17.0. The number of nitrogens with two attached hydrogens (primary N) is 1. The number of aromatic nitrogens is 5. The highest BCUT2D eigenvalue weighted by molar-refractivity contribution is 8.14. The highest BCUT2D eigenvalue weighted by atomic mass is 32.2. The molecular weight excluding hydrogens is 1590 g/mol. The smallest absolute Gasteiger partial charge is 0.357 e. The molecule has 17 atom stereocenters. The molecule has 0 radical (unpaired) electrons. The van der Waals surface area contributed by atoms with Crippen LogP contribution < -0.4 is 58.9 Å². The molecule has 9 rings (SSSR count). The lowest BCUT2D eigenvalue weighted by Crippen LogP contribution is -2.57. The van der Waals surface area contributed by atoms with Crippen LogP contribution in [0.4, 0.5) is 0 Å². The fraction of sp³-hybridized carbons (Fsp3) is 0.438. The summed E-state index contributed by atoms with van der Waals surface area (Å²) in [4.78, 5) is 200. The Morgan fingerprint density at radius 3 is 2.13 bits per heavy atom. The highest BCUT2D eigenvalue weighted by Gasteiger charge is 2.51. The Kier molecular flexibility index (Phi) is 28.4. The van der Waals surface area contributed by atoms with Crippen molar-refractivity contribution in [3.8, 4) is 0 Å². The van der Waals surface area contributed by atoms with Crippen LogP contribution in [0.15, 0.2) is 92.2 Å². The molecule has 42 heteroatoms. The molecule has 0 saturated carbocycles. The predicted molar refractivity (Wildman–Crippen MR) is 423 cm³/mol. The van der Waals surface area contributed by atoms with Crippen molar-refractivity contribution in [2.24, 2.45) is 21.6 Å². The number of thioether (sulfide) groups is 1. The van der Waals surface area contributed by atoms with E-state index in [4.69, 9.17) is 25.4 Å². The van der Waals surface area contributed by atoms with E-state index in [9.17, 15) is 83.4 Å². The molecule has 0 fully saturated rings. The van der Waals surface area contributed by atoms with Gasteiger partial charge in [-0.3, -0.25) is 63.2 Å². The summed E-state index contributed by atoms with van der Waals surface area (Å²) in [5, 5.41) is 97.6. The van der Waals surface area contributed by atoms with Crippen LogP contribution in [0.1, 0.15) is 210 Å². The molecule has 0 spiro atoms. The van der Waals surface area contributed by atoms with Crippen molar-refractivity contribution < 1.29 is 92.9 Å². The highest BCUT2D eigenvalue weighted by Crippen LogP contribution is 2.48. The standard InChI is InChI=1S/C73H88N18O19S5/c1-15-27(3)49-63(104)78-31(7)57(98)75-29(5)56(97)76-32(8)59(100)91-73(71-88-48(26-115-71)62(103)89-50(35(11)93)64(105)83-40(16-2)66-85-45(23-112-66)55(74)96)20-19-42(67-87-46(25-113-67)60(101)77-30(6)58(99)79-33(9)69(106)107)82-54(73)44-22-114-68(84-44)51(90-61(102)47-24-111-65(86-47)28(4)72(14,109)37(13)94)36(12)110-70(108)43-21-39(34(10)92)38-17-18-41(80-49)53(95)52(38)81-43/h16-18,21-22,24-28,31-32,34-37,41,45,49-51,53-54,80,92-95,109H,5-6,9,15,19-20,23H2,1-4,7-8,10-14H3,(H2,74,96)(H,75,98)(H,76,97)(H,77,101)(H,78,104)(H,79,99)(H,83,105)(H,89,103)(H,90,102)(H,91,100)(H,106,107)/b40-16+/t27-,28+,31+,32+,34-,35+,36+,37-,41+,45+,49?,50-,51-,53?,54?,72-,73+/m0/s1. The lowest BCUT2D eigenvalue weighted by Gasteiger charge is -2.41. The molecule has 3 aliphatic heterocycles. The number of amides is 10. The third kappa shape index (κ3) is 20.1. The molecule has 5 bridgehead atoms. The normalized spacial score (nSPS) is 24.5. The number of carboxylic acids is 1. The van der Waals surface area contributed by atoms with Crippen molar-refractivity contribution in [3.05, 3.63) is 148 Å². The van der Waals surface area contributed by atoms with Crippen molar-refractivity contribution >= 4 is 145 Å². The molecule has 4 aliphatic rings. The van der Waals surface area contributed by atoms with Crippen LogP contribution in [0.25, 0.3) is 6.08 Å². The average molecular weight is 1680 g/mol. The largest absolute Gasteiger partial charge is 0.477 e. The van der Waals surface area contributed by atoms with Crippen LogP contribution in [0.3, 0.4) is 0 Å². The van der Waals surface area contributed by atoms with Gasteiger partial charge in [0.2, 0.25) is 29.5 Å². The number of carbonyl (C=O) groups excluding carboxylic acids is 11. The molecular formula is C73H88N18O19S5. The van der Waals surface area contributed by atoms with Crippen molar-refractivity contribution in [2.45, 2.75) is 191 Å². The quantitative estimate of drug-likeness (QED) is 0.0347. The van der Waals surface area contributed by atoms with Crippen molar-refractivity contribution in [2.75, 3.05) is 5.75 Å². The zero-order chi connectivity index (χ0) is 84.7. The first kappa shape index (κ1) is 88.4. The molecule has 3 unspecified atom stereocenters. The molecule has 8 heterocycles. The number of rotatable bonds is 22. The number of esters is 1. The van der Waals surface area contributed by atoms with E-state index in [1.54, 1.807) is 39.8 Å². The molecule has 5 aromatic rings. The zero-order valence-electron chi connectivity index (χ0n) is 64.0. The Hall–Kier alpha value is -10.5. The van der Waals surface area contributed by atoms with Gasteiger partial charge >= 0.3 is 11.9 Å². The molecule has 0 saturated heterocycles. The van der Waals surface area contributed by atoms with E-state index in [1.165, 1.54) is 82.1 Å². The van der Waals surface area contributed by atoms with Crippen LogP contribution in [-0.4, -0.2) is 203 Å². The molecule has 115 heavy (non-hydrogen) atoms. The van der Waals surface area contributed by atoms with Gasteiger partial charge in [0.25, 0.3) is 29.5 Å². The summed E-state index contributed by atoms with van der Waals surface area (Å²) in [5.74, 6) is -13.2.